The molecule has 0 aliphatic carbocycles. The standard InChI is InChI=1S/2C40H22N2OS2.C39H21N3OS2/c1-4-10-34-26(7-1)31-19-23(15-18-35(31)43-34)32-22-33(24-13-16-29-27-8-2-5-11-36(27)44-38(29)20-24)42-40(41-32)25-14-17-30-28-9-3-6-12-37(28)45-39(30)21-25;1-4-10-34-26(7-1)31-19-25(15-18-35(31)43-34)40-41-32(23-13-16-29-27-8-2-5-11-36(27)44-38(29)20-23)22-33(42-40)24-14-17-30-28-9-3-6-12-37(28)45-39(30)21-24;1-4-10-31-25(7-1)30-19-22(15-18-32(30)43-31)37-40-38(23-13-16-28-26-8-2-5-11-33(26)44-35(28)20-23)42-39(41-37)24-14-17-29-27-9-3-6-12-34(27)45-36(29)21-24/h2*1-22H;1-21H. The van der Waals surface area contributed by atoms with Crippen molar-refractivity contribution in [3.05, 3.63) is 394 Å². The zero-order valence-electron chi connectivity index (χ0n) is 71.3. The van der Waals surface area contributed by atoms with Crippen LogP contribution in [0.3, 0.4) is 0 Å². The zero-order valence-corrected chi connectivity index (χ0v) is 76.2. The van der Waals surface area contributed by atoms with Gasteiger partial charge in [0.1, 0.15) is 33.5 Å². The maximum atomic E-state index is 6.13. The first-order valence-corrected chi connectivity index (χ1v) is 49.4. The second-order valence-corrected chi connectivity index (χ2v) is 40.5. The molecule has 630 valence electrons. The average Bonchev–Trinajstić information content (AvgIpc) is 1.69. The van der Waals surface area contributed by atoms with Crippen LogP contribution in [0.15, 0.2) is 408 Å². The number of benzene rings is 18. The van der Waals surface area contributed by atoms with E-state index < -0.39 is 0 Å². The van der Waals surface area contributed by atoms with Crippen molar-refractivity contribution in [1.82, 2.24) is 34.9 Å². The van der Waals surface area contributed by atoms with Crippen LogP contribution in [-0.4, -0.2) is 34.9 Å². The highest BCUT2D eigenvalue weighted by molar-refractivity contribution is 7.28. The summed E-state index contributed by atoms with van der Waals surface area (Å²) in [5.74, 6) is 3.36. The molecular formula is C119H65N7O3S6. The largest absolute Gasteiger partial charge is 0.456 e. The van der Waals surface area contributed by atoms with E-state index in [0.29, 0.717) is 23.3 Å². The lowest BCUT2D eigenvalue weighted by molar-refractivity contribution is 0.668. The van der Waals surface area contributed by atoms with Gasteiger partial charge in [0.05, 0.1) is 22.8 Å². The number of furan rings is 3. The van der Waals surface area contributed by atoms with Crippen LogP contribution >= 0.6 is 68.0 Å². The summed E-state index contributed by atoms with van der Waals surface area (Å²) in [6.45, 7) is 0. The number of aromatic nitrogens is 7. The Kier molecular flexibility index (Phi) is 18.0. The van der Waals surface area contributed by atoms with E-state index in [1.807, 2.05) is 112 Å². The highest BCUT2D eigenvalue weighted by atomic mass is 32.1. The fraction of sp³-hybridized carbons (Fsp3) is 0. The minimum absolute atomic E-state index is 0.634. The Balaban J connectivity index is 0.000000101. The van der Waals surface area contributed by atoms with Crippen molar-refractivity contribution in [3.63, 3.8) is 0 Å². The topological polar surface area (TPSA) is 130 Å². The van der Waals surface area contributed by atoms with Crippen molar-refractivity contribution in [1.29, 1.82) is 0 Å². The highest BCUT2D eigenvalue weighted by Gasteiger charge is 2.23. The van der Waals surface area contributed by atoms with Crippen LogP contribution in [0.25, 0.3) is 289 Å². The third kappa shape index (κ3) is 13.4. The normalized spacial score (nSPS) is 12.0. The van der Waals surface area contributed by atoms with Crippen LogP contribution in [0, 0.1) is 0 Å². The molecule has 10 nitrogen and oxygen atoms in total. The average molecular weight is 1830 g/mol. The molecule has 0 N–H and O–H groups in total. The third-order valence-electron chi connectivity index (χ3n) is 26.0. The number of hydrogen-bond donors (Lipinski definition) is 0. The number of hydrogen-bond acceptors (Lipinski definition) is 16. The Morgan fingerprint density at radius 1 is 0.126 bits per heavy atom. The fourth-order valence-corrected chi connectivity index (χ4v) is 26.2. The summed E-state index contributed by atoms with van der Waals surface area (Å²) in [5, 5.41) is 21.8. The zero-order chi connectivity index (χ0) is 88.5. The quantitative estimate of drug-likeness (QED) is 0.138. The SMILES string of the molecule is c1ccc2c(c1)oc1ccc(-c3cc(-c4ccc5c(c4)sc4ccccc45)nc(-c4ccc5c(c4)sc4ccccc45)n3)cc12.c1ccc2c(c1)oc1ccc(-c3nc(-c4ccc5c(c4)sc4ccccc45)cc(-c4ccc5c(c4)sc4ccccc45)n3)cc12.c1ccc2c(c1)oc1ccc(-c3nc(-c4ccc5c(c4)sc4ccccc45)nc(-c4ccc5c(c4)sc4ccccc45)n3)cc12. The fourth-order valence-electron chi connectivity index (χ4n) is 19.4. The Hall–Kier alpha value is -16.2. The summed E-state index contributed by atoms with van der Waals surface area (Å²) in [5.41, 5.74) is 17.9. The van der Waals surface area contributed by atoms with Crippen LogP contribution in [0.5, 0.6) is 0 Å². The van der Waals surface area contributed by atoms with Crippen molar-refractivity contribution >= 4 is 255 Å². The van der Waals surface area contributed by atoms with Crippen LogP contribution in [-0.2, 0) is 0 Å². The first-order valence-electron chi connectivity index (χ1n) is 44.5. The van der Waals surface area contributed by atoms with Gasteiger partial charge in [-0.3, -0.25) is 0 Å². The maximum Gasteiger partial charge on any atom is 0.164 e. The van der Waals surface area contributed by atoms with Crippen LogP contribution in [0.1, 0.15) is 0 Å². The Morgan fingerprint density at radius 3 is 0.578 bits per heavy atom. The summed E-state index contributed by atoms with van der Waals surface area (Å²) in [6.07, 6.45) is 0. The van der Waals surface area contributed by atoms with Crippen LogP contribution in [0.4, 0.5) is 0 Å². The number of para-hydroxylation sites is 3. The van der Waals surface area contributed by atoms with Gasteiger partial charge in [-0.15, -0.1) is 68.0 Å². The minimum atomic E-state index is 0.634. The predicted molar refractivity (Wildman–Crippen MR) is 572 cm³/mol. The molecule has 0 radical (unpaired) electrons. The summed E-state index contributed by atoms with van der Waals surface area (Å²) >= 11 is 10.9. The van der Waals surface area contributed by atoms with Crippen molar-refractivity contribution in [2.75, 3.05) is 0 Å². The summed E-state index contributed by atoms with van der Waals surface area (Å²) in [6, 6.07) is 139. The minimum Gasteiger partial charge on any atom is -0.456 e. The van der Waals surface area contributed by atoms with Gasteiger partial charge in [0.25, 0.3) is 0 Å². The van der Waals surface area contributed by atoms with Crippen LogP contribution in [0.2, 0.25) is 0 Å². The van der Waals surface area contributed by atoms with Crippen molar-refractivity contribution in [3.8, 4) is 102 Å². The molecule has 12 aromatic heterocycles. The molecule has 30 rings (SSSR count). The Morgan fingerprint density at radius 2 is 0.304 bits per heavy atom. The van der Waals surface area contributed by atoms with Gasteiger partial charge in [0.2, 0.25) is 0 Å². The lowest BCUT2D eigenvalue weighted by Crippen LogP contribution is -2.00. The highest BCUT2D eigenvalue weighted by Crippen LogP contribution is 2.47. The number of thiophene rings is 6. The molecule has 0 atom stereocenters. The van der Waals surface area contributed by atoms with Gasteiger partial charge in [0, 0.05) is 203 Å². The smallest absolute Gasteiger partial charge is 0.164 e. The molecule has 0 saturated carbocycles. The molecule has 30 aromatic rings. The van der Waals surface area contributed by atoms with Gasteiger partial charge in [-0.25, -0.2) is 34.9 Å². The van der Waals surface area contributed by atoms with Crippen molar-refractivity contribution in [2.45, 2.75) is 0 Å². The van der Waals surface area contributed by atoms with Crippen LogP contribution < -0.4 is 0 Å². The van der Waals surface area contributed by atoms with Gasteiger partial charge in [-0.2, -0.15) is 0 Å². The third-order valence-corrected chi connectivity index (χ3v) is 32.8. The van der Waals surface area contributed by atoms with Crippen molar-refractivity contribution in [2.24, 2.45) is 0 Å². The molecule has 0 unspecified atom stereocenters. The Bertz CT molecular complexity index is 8880. The lowest BCUT2D eigenvalue weighted by Gasteiger charge is -2.10. The van der Waals surface area contributed by atoms with E-state index in [0.717, 1.165) is 144 Å². The summed E-state index contributed by atoms with van der Waals surface area (Å²) in [7, 11) is 0. The number of nitrogens with zero attached hydrogens (tertiary/aromatic N) is 7. The molecule has 0 spiro atoms. The first-order chi connectivity index (χ1) is 66.7. The monoisotopic (exact) mass is 1830 g/mol. The molecule has 0 fully saturated rings. The van der Waals surface area contributed by atoms with Gasteiger partial charge in [-0.05, 0) is 158 Å². The molecule has 0 bridgehead atoms. The van der Waals surface area contributed by atoms with E-state index in [4.69, 9.17) is 48.1 Å². The van der Waals surface area contributed by atoms with E-state index in [2.05, 4.69) is 328 Å². The van der Waals surface area contributed by atoms with E-state index in [1.165, 1.54) is 121 Å². The molecule has 16 heteroatoms. The van der Waals surface area contributed by atoms with Gasteiger partial charge < -0.3 is 13.3 Å². The summed E-state index contributed by atoms with van der Waals surface area (Å²) < 4.78 is 33.5. The van der Waals surface area contributed by atoms with E-state index in [1.54, 1.807) is 22.7 Å². The molecule has 0 amide bonds. The second-order valence-electron chi connectivity index (χ2n) is 34.0. The van der Waals surface area contributed by atoms with Gasteiger partial charge in [0.15, 0.2) is 29.1 Å². The maximum absolute atomic E-state index is 6.13. The number of fused-ring (bicyclic) bond motifs is 27. The molecule has 18 aromatic carbocycles. The molecular weight excluding hydrogens is 1770 g/mol. The van der Waals surface area contributed by atoms with E-state index in [-0.39, 0.29) is 0 Å². The van der Waals surface area contributed by atoms with E-state index >= 15 is 0 Å². The lowest BCUT2D eigenvalue weighted by atomic mass is 10.0. The first kappa shape index (κ1) is 77.6. The molecule has 0 aliphatic rings. The predicted octanol–water partition coefficient (Wildman–Crippen LogP) is 35.7. The summed E-state index contributed by atoms with van der Waals surface area (Å²) in [4.78, 5) is 36.0. The van der Waals surface area contributed by atoms with Gasteiger partial charge >= 0.3 is 0 Å². The molecule has 135 heavy (non-hydrogen) atoms. The number of rotatable bonds is 9. The second kappa shape index (κ2) is 31.3. The van der Waals surface area contributed by atoms with Gasteiger partial charge in [-0.1, -0.05) is 237 Å². The van der Waals surface area contributed by atoms with Crippen molar-refractivity contribution < 1.29 is 13.3 Å². The Labute approximate surface area is 792 Å². The van der Waals surface area contributed by atoms with E-state index in [9.17, 15) is 0 Å². The molecule has 0 saturated heterocycles. The molecule has 0 aliphatic heterocycles. The molecule has 12 heterocycles.